The highest BCUT2D eigenvalue weighted by atomic mass is 35.5. The Labute approximate surface area is 165 Å². The Kier molecular flexibility index (Phi) is 4.72. The number of H-pyrrole nitrogens is 1. The van der Waals surface area contributed by atoms with Crippen LogP contribution in [0.1, 0.15) is 17.0 Å². The van der Waals surface area contributed by atoms with Gasteiger partial charge < -0.3 is 0 Å². The summed E-state index contributed by atoms with van der Waals surface area (Å²) in [7, 11) is 0. The summed E-state index contributed by atoms with van der Waals surface area (Å²) in [5.41, 5.74) is 4.42. The molecule has 0 unspecified atom stereocenters. The van der Waals surface area contributed by atoms with Crippen molar-refractivity contribution in [3.05, 3.63) is 70.1 Å². The maximum absolute atomic E-state index is 8.77. The molecule has 4 aromatic rings. The van der Waals surface area contributed by atoms with Gasteiger partial charge in [-0.05, 0) is 43.7 Å². The number of pyridine rings is 1. The van der Waals surface area contributed by atoms with Gasteiger partial charge in [-0.25, -0.2) is 4.98 Å². The molecule has 0 aliphatic heterocycles. The van der Waals surface area contributed by atoms with Crippen LogP contribution in [0.5, 0.6) is 0 Å². The first kappa shape index (κ1) is 17.8. The molecule has 1 aromatic carbocycles. The molecule has 27 heavy (non-hydrogen) atoms. The number of aromatic nitrogens is 5. The number of rotatable bonds is 4. The zero-order chi connectivity index (χ0) is 19.0. The van der Waals surface area contributed by atoms with E-state index in [9.17, 15) is 0 Å². The van der Waals surface area contributed by atoms with Gasteiger partial charge in [0.05, 0.1) is 16.8 Å². The fourth-order valence-electron chi connectivity index (χ4n) is 2.81. The van der Waals surface area contributed by atoms with E-state index < -0.39 is 0 Å². The van der Waals surface area contributed by atoms with Crippen molar-refractivity contribution in [3.8, 4) is 5.69 Å². The minimum absolute atomic E-state index is 0.328. The molecule has 4 rings (SSSR count). The van der Waals surface area contributed by atoms with Crippen LogP contribution >= 0.6 is 23.4 Å². The summed E-state index contributed by atoms with van der Waals surface area (Å²) < 4.78 is 1.81. The van der Waals surface area contributed by atoms with Gasteiger partial charge in [-0.15, -0.1) is 0 Å². The predicted molar refractivity (Wildman–Crippen MR) is 107 cm³/mol. The van der Waals surface area contributed by atoms with E-state index in [0.717, 1.165) is 22.6 Å². The fourth-order valence-corrected chi connectivity index (χ4v) is 3.91. The maximum atomic E-state index is 8.77. The van der Waals surface area contributed by atoms with Crippen molar-refractivity contribution >= 4 is 34.4 Å². The van der Waals surface area contributed by atoms with Crippen LogP contribution in [0.15, 0.2) is 47.8 Å². The minimum atomic E-state index is 0.328. The Balaban J connectivity index is 1.88. The SMILES string of the molecule is Cc1ccc(-n2c(SCc3ccccn3)nc3n[nH]c(C)c3c2=N)cc1Cl. The summed E-state index contributed by atoms with van der Waals surface area (Å²) in [5, 5.41) is 18.0. The summed E-state index contributed by atoms with van der Waals surface area (Å²) in [5.74, 6) is 0.641. The maximum Gasteiger partial charge on any atom is 0.187 e. The van der Waals surface area contributed by atoms with Crippen LogP contribution in [0, 0.1) is 19.3 Å². The highest BCUT2D eigenvalue weighted by Gasteiger charge is 2.16. The molecule has 6 nitrogen and oxygen atoms in total. The van der Waals surface area contributed by atoms with Crippen LogP contribution in [0.25, 0.3) is 16.7 Å². The molecule has 3 aromatic heterocycles. The number of fused-ring (bicyclic) bond motifs is 1. The lowest BCUT2D eigenvalue weighted by Gasteiger charge is -2.14. The molecule has 0 amide bonds. The standard InChI is InChI=1S/C19H17ClN6S/c1-11-6-7-14(9-15(11)20)26-17(21)16-12(2)24-25-18(16)23-19(26)27-10-13-5-3-4-8-22-13/h3-9,21H,10H2,1-2H3,(H,24,25). The number of nitrogens with one attached hydrogen (secondary N) is 2. The van der Waals surface area contributed by atoms with Gasteiger partial charge in [-0.2, -0.15) is 5.10 Å². The third-order valence-corrected chi connectivity index (χ3v) is 5.65. The average Bonchev–Trinajstić information content (AvgIpc) is 3.04. The molecule has 0 saturated heterocycles. The number of halogens is 1. The van der Waals surface area contributed by atoms with Crippen molar-refractivity contribution in [1.82, 2.24) is 24.7 Å². The van der Waals surface area contributed by atoms with Gasteiger partial charge in [-0.1, -0.05) is 35.5 Å². The molecule has 3 heterocycles. The first-order valence-corrected chi connectivity index (χ1v) is 9.72. The Morgan fingerprint density at radius 1 is 1.22 bits per heavy atom. The summed E-state index contributed by atoms with van der Waals surface area (Å²) in [6, 6.07) is 11.6. The van der Waals surface area contributed by atoms with Crippen LogP contribution < -0.4 is 5.49 Å². The third-order valence-electron chi connectivity index (χ3n) is 4.27. The van der Waals surface area contributed by atoms with Gasteiger partial charge >= 0.3 is 0 Å². The first-order chi connectivity index (χ1) is 13.0. The summed E-state index contributed by atoms with van der Waals surface area (Å²) in [6.07, 6.45) is 1.77. The second-order valence-corrected chi connectivity index (χ2v) is 7.52. The normalized spacial score (nSPS) is 11.2. The summed E-state index contributed by atoms with van der Waals surface area (Å²) in [4.78, 5) is 9.06. The number of thioether (sulfide) groups is 1. The van der Waals surface area contributed by atoms with Gasteiger partial charge in [0.1, 0.15) is 5.49 Å². The van der Waals surface area contributed by atoms with E-state index in [1.165, 1.54) is 11.8 Å². The minimum Gasteiger partial charge on any atom is -0.283 e. The number of hydrogen-bond acceptors (Lipinski definition) is 5. The summed E-state index contributed by atoms with van der Waals surface area (Å²) in [6.45, 7) is 3.85. The second-order valence-electron chi connectivity index (χ2n) is 6.17. The zero-order valence-electron chi connectivity index (χ0n) is 14.8. The van der Waals surface area contributed by atoms with Crippen molar-refractivity contribution in [1.29, 1.82) is 5.41 Å². The van der Waals surface area contributed by atoms with Crippen molar-refractivity contribution in [2.45, 2.75) is 24.8 Å². The highest BCUT2D eigenvalue weighted by molar-refractivity contribution is 7.98. The molecule has 136 valence electrons. The molecule has 0 radical (unpaired) electrons. The predicted octanol–water partition coefficient (Wildman–Crippen LogP) is 4.19. The molecule has 0 fully saturated rings. The second kappa shape index (κ2) is 7.17. The molecule has 0 spiro atoms. The van der Waals surface area contributed by atoms with Crippen LogP contribution in [0.4, 0.5) is 0 Å². The number of aryl methyl sites for hydroxylation is 2. The lowest BCUT2D eigenvalue weighted by atomic mass is 10.2. The van der Waals surface area contributed by atoms with Crippen molar-refractivity contribution < 1.29 is 0 Å². The Morgan fingerprint density at radius 3 is 2.81 bits per heavy atom. The molecule has 0 bridgehead atoms. The third kappa shape index (κ3) is 3.36. The van der Waals surface area contributed by atoms with E-state index in [1.54, 1.807) is 6.20 Å². The largest absolute Gasteiger partial charge is 0.283 e. The average molecular weight is 397 g/mol. The fraction of sp³-hybridized carbons (Fsp3) is 0.158. The van der Waals surface area contributed by atoms with Crippen molar-refractivity contribution in [2.24, 2.45) is 0 Å². The first-order valence-electron chi connectivity index (χ1n) is 8.36. The molecule has 2 N–H and O–H groups in total. The number of benzene rings is 1. The molecule has 0 aliphatic carbocycles. The quantitative estimate of drug-likeness (QED) is 0.400. The number of nitrogens with zero attached hydrogens (tertiary/aromatic N) is 4. The molecular formula is C19H17ClN6S. The zero-order valence-corrected chi connectivity index (χ0v) is 16.4. The van der Waals surface area contributed by atoms with Gasteiger partial charge in [-0.3, -0.25) is 20.1 Å². The lowest BCUT2D eigenvalue weighted by Crippen LogP contribution is -2.22. The van der Waals surface area contributed by atoms with E-state index in [0.29, 0.717) is 32.5 Å². The molecule has 0 atom stereocenters. The van der Waals surface area contributed by atoms with Gasteiger partial charge in [0.2, 0.25) is 0 Å². The number of aromatic amines is 1. The van der Waals surface area contributed by atoms with E-state index >= 15 is 0 Å². The Bertz CT molecular complexity index is 1180. The van der Waals surface area contributed by atoms with E-state index in [1.807, 2.05) is 54.8 Å². The molecular weight excluding hydrogens is 380 g/mol. The molecule has 8 heteroatoms. The van der Waals surface area contributed by atoms with Crippen molar-refractivity contribution in [3.63, 3.8) is 0 Å². The van der Waals surface area contributed by atoms with E-state index in [4.69, 9.17) is 22.0 Å². The molecule has 0 saturated carbocycles. The lowest BCUT2D eigenvalue weighted by molar-refractivity contribution is 0.786. The summed E-state index contributed by atoms with van der Waals surface area (Å²) >= 11 is 7.86. The highest BCUT2D eigenvalue weighted by Crippen LogP contribution is 2.26. The van der Waals surface area contributed by atoms with Crippen LogP contribution in [-0.4, -0.2) is 24.7 Å². The molecule has 0 aliphatic rings. The van der Waals surface area contributed by atoms with Gasteiger partial charge in [0.15, 0.2) is 10.8 Å². The van der Waals surface area contributed by atoms with Crippen LogP contribution in [-0.2, 0) is 5.75 Å². The topological polar surface area (TPSA) is 83.2 Å². The van der Waals surface area contributed by atoms with Gasteiger partial charge in [0.25, 0.3) is 0 Å². The Hall–Kier alpha value is -2.64. The monoisotopic (exact) mass is 396 g/mol. The van der Waals surface area contributed by atoms with E-state index in [2.05, 4.69) is 15.2 Å². The van der Waals surface area contributed by atoms with E-state index in [-0.39, 0.29) is 0 Å². The van der Waals surface area contributed by atoms with Crippen LogP contribution in [0.2, 0.25) is 5.02 Å². The number of hydrogen-bond donors (Lipinski definition) is 2. The Morgan fingerprint density at radius 2 is 2.07 bits per heavy atom. The van der Waals surface area contributed by atoms with Crippen LogP contribution in [0.3, 0.4) is 0 Å². The van der Waals surface area contributed by atoms with Crippen molar-refractivity contribution in [2.75, 3.05) is 0 Å². The van der Waals surface area contributed by atoms with Gasteiger partial charge in [0, 0.05) is 22.7 Å². The smallest absolute Gasteiger partial charge is 0.187 e.